The Morgan fingerprint density at radius 2 is 1.19 bits per heavy atom. The third-order valence-corrected chi connectivity index (χ3v) is 20.1. The largest absolute Gasteiger partial charge is 0.394 e. The fourth-order valence-electron chi connectivity index (χ4n) is 15.7. The number of hydrogen-bond donors (Lipinski definition) is 13. The van der Waals surface area contributed by atoms with Gasteiger partial charge in [-0.3, -0.25) is 0 Å². The van der Waals surface area contributed by atoms with Gasteiger partial charge in [-0.25, -0.2) is 0 Å². The Morgan fingerprint density at radius 1 is 0.603 bits per heavy atom. The first-order valence-electron chi connectivity index (χ1n) is 26.7. The van der Waals surface area contributed by atoms with Crippen LogP contribution in [0.1, 0.15) is 113 Å². The highest BCUT2D eigenvalue weighted by molar-refractivity contribution is 5.20. The summed E-state index contributed by atoms with van der Waals surface area (Å²) in [6, 6.07) is 0. The number of fused-ring (bicyclic) bond motifs is 5. The molecule has 422 valence electrons. The minimum atomic E-state index is -1.75. The molecule has 8 rings (SSSR count). The highest BCUT2D eigenvalue weighted by Gasteiger charge is 2.72. The summed E-state index contributed by atoms with van der Waals surface area (Å²) in [5.41, 5.74) is -1.26. The van der Waals surface area contributed by atoms with Crippen LogP contribution in [0.3, 0.4) is 0 Å². The molecular weight excluding hydrogens is 961 g/mol. The topological polar surface area (TPSA) is 337 Å². The fraction of sp³-hybridized carbons (Fsp3) is 0.962. The zero-order valence-electron chi connectivity index (χ0n) is 43.7. The van der Waals surface area contributed by atoms with Gasteiger partial charge in [-0.2, -0.15) is 0 Å². The first-order valence-corrected chi connectivity index (χ1v) is 26.7. The van der Waals surface area contributed by atoms with Crippen molar-refractivity contribution in [1.82, 2.24) is 0 Å². The third kappa shape index (κ3) is 10.3. The average molecular weight is 1050 g/mol. The maximum atomic E-state index is 12.8. The van der Waals surface area contributed by atoms with E-state index in [1.807, 2.05) is 20.8 Å². The molecule has 8 fully saturated rings. The number of aliphatic hydroxyl groups excluding tert-OH is 13. The van der Waals surface area contributed by atoms with E-state index in [2.05, 4.69) is 40.7 Å². The average Bonchev–Trinajstić information content (AvgIpc) is 3.72. The van der Waals surface area contributed by atoms with Crippen LogP contribution in [0.2, 0.25) is 0 Å². The molecule has 0 aromatic rings. The SMILES string of the molecule is CC(C)=CCC[C@](C)(O[C@H]1O[C@@H](CO[C@H]2OC[C@@H](O)[C@H](O)[C@H]2O)[C@H](O)[C@@H](O)[C@@H]1O)[C@H]1CC[C@]2(C)[C@@H]1[C@H](O)C[C@@H]1[C@@]3(C)CC[C@H](O[C@H]4OC[C@@H](O)[C@H](O)[C@H]4O[C@H]4O[C@@H](CO)[C@H](O)[C@@H](O)[C@@H]4O)C(C)(C)[C@H]3CC[C@]12C. The van der Waals surface area contributed by atoms with Crippen molar-refractivity contribution < 1.29 is 104 Å². The summed E-state index contributed by atoms with van der Waals surface area (Å²) in [6.45, 7) is 15.7. The van der Waals surface area contributed by atoms with E-state index in [1.165, 1.54) is 0 Å². The van der Waals surface area contributed by atoms with Gasteiger partial charge in [-0.05, 0) is 124 Å². The number of ether oxygens (including phenoxy) is 8. The first-order chi connectivity index (χ1) is 34.1. The van der Waals surface area contributed by atoms with Crippen molar-refractivity contribution in [3.63, 3.8) is 0 Å². The van der Waals surface area contributed by atoms with Gasteiger partial charge in [0.1, 0.15) is 85.5 Å². The molecular formula is C52H88O21. The van der Waals surface area contributed by atoms with Crippen molar-refractivity contribution in [3.8, 4) is 0 Å². The van der Waals surface area contributed by atoms with Gasteiger partial charge in [-0.1, -0.05) is 46.3 Å². The summed E-state index contributed by atoms with van der Waals surface area (Å²) in [5, 5.41) is 140. The molecule has 4 heterocycles. The predicted molar refractivity (Wildman–Crippen MR) is 254 cm³/mol. The van der Waals surface area contributed by atoms with E-state index < -0.39 is 147 Å². The van der Waals surface area contributed by atoms with E-state index in [9.17, 15) is 66.4 Å². The van der Waals surface area contributed by atoms with Crippen LogP contribution < -0.4 is 0 Å². The molecule has 0 spiro atoms. The van der Waals surface area contributed by atoms with Crippen LogP contribution >= 0.6 is 0 Å². The van der Waals surface area contributed by atoms with Crippen molar-refractivity contribution in [2.24, 2.45) is 45.3 Å². The first kappa shape index (κ1) is 58.1. The lowest BCUT2D eigenvalue weighted by Crippen LogP contribution is -2.67. The summed E-state index contributed by atoms with van der Waals surface area (Å²) in [6.07, 6.45) is -19.8. The highest BCUT2D eigenvalue weighted by Crippen LogP contribution is 2.76. The maximum absolute atomic E-state index is 12.8. The Balaban J connectivity index is 0.998. The lowest BCUT2D eigenvalue weighted by atomic mass is 9.35. The van der Waals surface area contributed by atoms with Crippen LogP contribution in [0.15, 0.2) is 11.6 Å². The molecule has 21 heteroatoms. The fourth-order valence-corrected chi connectivity index (χ4v) is 15.7. The van der Waals surface area contributed by atoms with E-state index in [4.69, 9.17) is 37.9 Å². The second-order valence-electron chi connectivity index (χ2n) is 24.8. The summed E-state index contributed by atoms with van der Waals surface area (Å²) in [7, 11) is 0. The Bertz CT molecular complexity index is 1890. The van der Waals surface area contributed by atoms with Gasteiger partial charge >= 0.3 is 0 Å². The molecule has 0 unspecified atom stereocenters. The number of allylic oxidation sites excluding steroid dienone is 2. The van der Waals surface area contributed by atoms with Gasteiger partial charge in [-0.15, -0.1) is 0 Å². The molecule has 0 bridgehead atoms. The monoisotopic (exact) mass is 1050 g/mol. The standard InChI is InChI=1S/C52H88O21/c1-23(2)10-9-14-52(8,73-46-42(65)39(62)37(60)29(70-46)22-68-44-40(63)34(57)26(55)20-66-44)24-11-16-51(7)33(24)25(54)18-31-49(5)15-13-32(48(3,4)30(49)12-17-50(31,51)6)71-47-43(35(58)27(56)21-67-47)72-45-41(64)38(61)36(59)28(19-53)69-45/h10,24-47,53-65H,9,11-22H2,1-8H3/t24-,25+,26+,27+,28-,29-,30+,31+,32-,33-,34-,35-,36-,37-,38+,39+,40+,41-,42-,43+,44+,45+,46+,47+,49-,50+,51+,52-/m0/s1. The smallest absolute Gasteiger partial charge is 0.187 e. The summed E-state index contributed by atoms with van der Waals surface area (Å²) >= 11 is 0. The van der Waals surface area contributed by atoms with Crippen molar-refractivity contribution >= 4 is 0 Å². The van der Waals surface area contributed by atoms with Crippen LogP contribution in [0, 0.1) is 45.3 Å². The second kappa shape index (κ2) is 21.9. The van der Waals surface area contributed by atoms with Gasteiger partial charge in [0.05, 0.1) is 44.2 Å². The van der Waals surface area contributed by atoms with E-state index in [0.717, 1.165) is 31.3 Å². The Kier molecular flexibility index (Phi) is 17.4. The predicted octanol–water partition coefficient (Wildman–Crippen LogP) is -0.924. The normalized spacial score (nSPS) is 52.8. The lowest BCUT2D eigenvalue weighted by Gasteiger charge is -2.71. The molecule has 28 atom stereocenters. The van der Waals surface area contributed by atoms with Crippen LogP contribution in [-0.4, -0.2) is 221 Å². The van der Waals surface area contributed by atoms with E-state index in [1.54, 1.807) is 0 Å². The van der Waals surface area contributed by atoms with E-state index >= 15 is 0 Å². The molecule has 0 radical (unpaired) electrons. The van der Waals surface area contributed by atoms with Crippen molar-refractivity contribution in [2.75, 3.05) is 26.4 Å². The molecule has 0 aromatic heterocycles. The summed E-state index contributed by atoms with van der Waals surface area (Å²) < 4.78 is 48.6. The Hall–Kier alpha value is -1.10. The van der Waals surface area contributed by atoms with Crippen LogP contribution in [0.25, 0.3) is 0 Å². The molecule has 73 heavy (non-hydrogen) atoms. The molecule has 13 N–H and O–H groups in total. The maximum Gasteiger partial charge on any atom is 0.187 e. The van der Waals surface area contributed by atoms with E-state index in [-0.39, 0.29) is 53.1 Å². The van der Waals surface area contributed by atoms with Gasteiger partial charge in [0.25, 0.3) is 0 Å². The minimum absolute atomic E-state index is 0.0916. The summed E-state index contributed by atoms with van der Waals surface area (Å²) in [4.78, 5) is 0. The zero-order chi connectivity index (χ0) is 53.5. The van der Waals surface area contributed by atoms with E-state index in [0.29, 0.717) is 32.1 Å². The van der Waals surface area contributed by atoms with Gasteiger partial charge in [0, 0.05) is 0 Å². The van der Waals surface area contributed by atoms with Crippen LogP contribution in [-0.2, 0) is 37.9 Å². The lowest BCUT2D eigenvalue weighted by molar-refractivity contribution is -0.367. The highest BCUT2D eigenvalue weighted by atomic mass is 16.8. The molecule has 4 aliphatic heterocycles. The van der Waals surface area contributed by atoms with Gasteiger partial charge in [0.15, 0.2) is 25.2 Å². The molecule has 8 aliphatic rings. The quantitative estimate of drug-likeness (QED) is 0.0739. The summed E-state index contributed by atoms with van der Waals surface area (Å²) in [5.74, 6) is -0.256. The Morgan fingerprint density at radius 3 is 1.85 bits per heavy atom. The molecule has 4 saturated carbocycles. The Labute approximate surface area is 428 Å². The molecule has 0 aromatic carbocycles. The number of rotatable bonds is 14. The van der Waals surface area contributed by atoms with Gasteiger partial charge < -0.3 is 104 Å². The number of hydrogen-bond acceptors (Lipinski definition) is 21. The molecule has 21 nitrogen and oxygen atoms in total. The van der Waals surface area contributed by atoms with Gasteiger partial charge in [0.2, 0.25) is 0 Å². The van der Waals surface area contributed by atoms with Crippen molar-refractivity contribution in [3.05, 3.63) is 11.6 Å². The zero-order valence-corrected chi connectivity index (χ0v) is 43.7. The second-order valence-corrected chi connectivity index (χ2v) is 24.8. The number of aliphatic hydroxyl groups is 13. The third-order valence-electron chi connectivity index (χ3n) is 20.1. The minimum Gasteiger partial charge on any atom is -0.394 e. The molecule has 4 aliphatic carbocycles. The molecule has 4 saturated heterocycles. The molecule has 0 amide bonds. The van der Waals surface area contributed by atoms with Crippen molar-refractivity contribution in [2.45, 2.75) is 242 Å². The van der Waals surface area contributed by atoms with Crippen molar-refractivity contribution in [1.29, 1.82) is 0 Å². The van der Waals surface area contributed by atoms with Crippen LogP contribution in [0.4, 0.5) is 0 Å². The van der Waals surface area contributed by atoms with Crippen LogP contribution in [0.5, 0.6) is 0 Å².